The number of methoxy groups -OCH3 is 1. The number of alkyl halides is 3. The number of amides is 2. The summed E-state index contributed by atoms with van der Waals surface area (Å²) >= 11 is 0. The lowest BCUT2D eigenvalue weighted by molar-refractivity contribution is -0.0565. The van der Waals surface area contributed by atoms with Crippen molar-refractivity contribution in [2.24, 2.45) is 0 Å². The first-order valence-corrected chi connectivity index (χ1v) is 14.1. The minimum atomic E-state index is -2.71. The van der Waals surface area contributed by atoms with Gasteiger partial charge in [0.2, 0.25) is 5.88 Å². The van der Waals surface area contributed by atoms with Crippen LogP contribution < -0.4 is 15.8 Å². The number of hydrogen-bond acceptors (Lipinski definition) is 9. The summed E-state index contributed by atoms with van der Waals surface area (Å²) in [6, 6.07) is 4.53. The highest BCUT2D eigenvalue weighted by atomic mass is 19.3. The van der Waals surface area contributed by atoms with Crippen LogP contribution in [0.3, 0.4) is 0 Å². The molecule has 0 unspecified atom stereocenters. The topological polar surface area (TPSA) is 144 Å². The Labute approximate surface area is 254 Å². The van der Waals surface area contributed by atoms with Gasteiger partial charge in [-0.3, -0.25) is 14.5 Å². The van der Waals surface area contributed by atoms with E-state index in [2.05, 4.69) is 25.4 Å². The molecule has 2 fully saturated rings. The van der Waals surface area contributed by atoms with Crippen LogP contribution in [0.5, 0.6) is 5.88 Å². The molecule has 2 aliphatic heterocycles. The number of aromatic nitrogens is 5. The molecule has 12 nitrogen and oxygen atoms in total. The molecule has 0 bridgehead atoms. The number of nitrogens with one attached hydrogen (secondary N) is 1. The van der Waals surface area contributed by atoms with E-state index in [1.807, 2.05) is 4.90 Å². The average molecular weight is 628 g/mol. The first kappa shape index (κ1) is 30.2. The predicted octanol–water partition coefficient (Wildman–Crippen LogP) is 2.74. The number of nitrogen functional groups attached to an aromatic ring is 1. The van der Waals surface area contributed by atoms with Crippen LogP contribution in [0.25, 0.3) is 16.8 Å². The molecule has 0 aromatic carbocycles. The maximum atomic E-state index is 15.2. The summed E-state index contributed by atoms with van der Waals surface area (Å²) < 4.78 is 62.9. The molecule has 2 amide bonds. The fourth-order valence-corrected chi connectivity index (χ4v) is 5.74. The van der Waals surface area contributed by atoms with Gasteiger partial charge in [-0.05, 0) is 29.8 Å². The lowest BCUT2D eigenvalue weighted by Gasteiger charge is -2.31. The van der Waals surface area contributed by atoms with Gasteiger partial charge in [0, 0.05) is 50.8 Å². The number of hydrogen-bond donors (Lipinski definition) is 2. The van der Waals surface area contributed by atoms with Gasteiger partial charge in [-0.25, -0.2) is 37.0 Å². The summed E-state index contributed by atoms with van der Waals surface area (Å²) in [5.41, 5.74) is 8.04. The second-order valence-electron chi connectivity index (χ2n) is 11.0. The minimum Gasteiger partial charge on any atom is -0.480 e. The summed E-state index contributed by atoms with van der Waals surface area (Å²) in [5.74, 6) is -4.52. The first-order chi connectivity index (χ1) is 21.5. The predicted molar refractivity (Wildman–Crippen MR) is 153 cm³/mol. The monoisotopic (exact) mass is 627 g/mol. The van der Waals surface area contributed by atoms with E-state index in [9.17, 15) is 22.8 Å². The second-order valence-corrected chi connectivity index (χ2v) is 11.0. The average Bonchev–Trinajstić information content (AvgIpc) is 3.58. The number of fused-ring (bicyclic) bond motifs is 1. The van der Waals surface area contributed by atoms with Crippen molar-refractivity contribution in [1.29, 1.82) is 0 Å². The van der Waals surface area contributed by atoms with Crippen LogP contribution in [0.1, 0.15) is 39.3 Å². The van der Waals surface area contributed by atoms with E-state index in [1.165, 1.54) is 35.1 Å². The number of likely N-dealkylation sites (tertiary alicyclic amines) is 2. The van der Waals surface area contributed by atoms with E-state index < -0.39 is 35.8 Å². The molecule has 3 N–H and O–H groups in total. The van der Waals surface area contributed by atoms with Gasteiger partial charge in [-0.2, -0.15) is 5.10 Å². The number of nitrogens with two attached hydrogens (primary N) is 1. The highest BCUT2D eigenvalue weighted by molar-refractivity contribution is 6.03. The fourth-order valence-electron chi connectivity index (χ4n) is 5.74. The zero-order valence-corrected chi connectivity index (χ0v) is 24.1. The summed E-state index contributed by atoms with van der Waals surface area (Å²) in [6.07, 6.45) is 1.46. The van der Waals surface area contributed by atoms with E-state index in [0.717, 1.165) is 12.3 Å². The normalized spacial score (nSPS) is 20.0. The number of pyridine rings is 2. The zero-order chi connectivity index (χ0) is 31.9. The Morgan fingerprint density at radius 2 is 1.91 bits per heavy atom. The SMILES string of the molecule is COc1nccc(-c2cc(CN3CCC(F)(F)CC3)c3c(N)ncnn23)c1C(=O)N[C@@H]1CN(C(=O)c2ccc(F)cn2)C[C@@H]1F. The maximum Gasteiger partial charge on any atom is 0.272 e. The number of nitrogens with zero attached hydrogens (tertiary/aromatic N) is 7. The lowest BCUT2D eigenvalue weighted by atomic mass is 10.0. The third-order valence-electron chi connectivity index (χ3n) is 8.05. The molecular formula is C29H29F4N9O3. The molecule has 0 spiro atoms. The van der Waals surface area contributed by atoms with Crippen LogP contribution in [0, 0.1) is 5.82 Å². The third-order valence-corrected chi connectivity index (χ3v) is 8.05. The van der Waals surface area contributed by atoms with Gasteiger partial charge in [0.25, 0.3) is 17.7 Å². The number of carbonyl (C=O) groups excluding carboxylic acids is 2. The molecule has 6 heterocycles. The molecule has 4 aromatic rings. The second kappa shape index (κ2) is 11.9. The van der Waals surface area contributed by atoms with Crippen molar-refractivity contribution in [3.05, 3.63) is 65.6 Å². The van der Waals surface area contributed by atoms with Crippen molar-refractivity contribution in [3.8, 4) is 17.1 Å². The number of anilines is 1. The molecule has 16 heteroatoms. The van der Waals surface area contributed by atoms with Gasteiger partial charge in [0.15, 0.2) is 5.82 Å². The van der Waals surface area contributed by atoms with Gasteiger partial charge in [0.1, 0.15) is 35.1 Å². The van der Waals surface area contributed by atoms with Crippen LogP contribution >= 0.6 is 0 Å². The fraction of sp³-hybridized carbons (Fsp3) is 0.379. The van der Waals surface area contributed by atoms with Gasteiger partial charge in [0.05, 0.1) is 31.6 Å². The Morgan fingerprint density at radius 1 is 1.13 bits per heavy atom. The highest BCUT2D eigenvalue weighted by Crippen LogP contribution is 2.35. The van der Waals surface area contributed by atoms with Crippen LogP contribution in [-0.2, 0) is 6.54 Å². The van der Waals surface area contributed by atoms with Crippen molar-refractivity contribution in [2.45, 2.75) is 37.5 Å². The highest BCUT2D eigenvalue weighted by Gasteiger charge is 2.38. The lowest BCUT2D eigenvalue weighted by Crippen LogP contribution is -2.42. The molecular weight excluding hydrogens is 598 g/mol. The number of halogens is 4. The molecule has 0 aliphatic carbocycles. The Bertz CT molecular complexity index is 1740. The molecule has 6 rings (SSSR count). The van der Waals surface area contributed by atoms with Gasteiger partial charge in [-0.15, -0.1) is 0 Å². The number of carbonyl (C=O) groups is 2. The molecule has 0 radical (unpaired) electrons. The third kappa shape index (κ3) is 5.96. The molecule has 236 valence electrons. The van der Waals surface area contributed by atoms with Crippen LogP contribution in [0.2, 0.25) is 0 Å². The van der Waals surface area contributed by atoms with Crippen LogP contribution in [-0.4, -0.2) is 97.6 Å². The van der Waals surface area contributed by atoms with Gasteiger partial charge >= 0.3 is 0 Å². The van der Waals surface area contributed by atoms with Crippen molar-refractivity contribution in [2.75, 3.05) is 39.0 Å². The van der Waals surface area contributed by atoms with E-state index in [4.69, 9.17) is 10.5 Å². The zero-order valence-electron chi connectivity index (χ0n) is 24.1. The number of ether oxygens (including phenoxy) is 1. The van der Waals surface area contributed by atoms with Crippen molar-refractivity contribution >= 4 is 23.1 Å². The molecule has 0 saturated carbocycles. The Kier molecular flexibility index (Phi) is 7.99. The van der Waals surface area contributed by atoms with Crippen molar-refractivity contribution in [1.82, 2.24) is 39.7 Å². The summed E-state index contributed by atoms with van der Waals surface area (Å²) in [7, 11) is 1.33. The Balaban J connectivity index is 1.30. The van der Waals surface area contributed by atoms with Crippen molar-refractivity contribution in [3.63, 3.8) is 0 Å². The summed E-state index contributed by atoms with van der Waals surface area (Å²) in [5, 5.41) is 7.01. The quantitative estimate of drug-likeness (QED) is 0.296. The minimum absolute atomic E-state index is 0.0158. The largest absolute Gasteiger partial charge is 0.480 e. The van der Waals surface area contributed by atoms with E-state index in [0.29, 0.717) is 28.9 Å². The maximum absolute atomic E-state index is 15.2. The van der Waals surface area contributed by atoms with E-state index >= 15 is 4.39 Å². The molecule has 45 heavy (non-hydrogen) atoms. The molecule has 2 saturated heterocycles. The molecule has 4 aromatic heterocycles. The molecule has 2 aliphatic rings. The van der Waals surface area contributed by atoms with Gasteiger partial charge in [-0.1, -0.05) is 0 Å². The van der Waals surface area contributed by atoms with Crippen LogP contribution in [0.4, 0.5) is 23.4 Å². The number of piperidine rings is 1. The van der Waals surface area contributed by atoms with Crippen molar-refractivity contribution < 1.29 is 31.9 Å². The smallest absolute Gasteiger partial charge is 0.272 e. The summed E-state index contributed by atoms with van der Waals surface area (Å²) in [6.45, 7) is 0.211. The Hall–Kier alpha value is -4.86. The van der Waals surface area contributed by atoms with E-state index in [-0.39, 0.29) is 62.0 Å². The molecule has 2 atom stereocenters. The summed E-state index contributed by atoms with van der Waals surface area (Å²) in [4.78, 5) is 41.8. The van der Waals surface area contributed by atoms with Crippen LogP contribution in [0.15, 0.2) is 43.0 Å². The Morgan fingerprint density at radius 3 is 2.62 bits per heavy atom. The number of rotatable bonds is 7. The van der Waals surface area contributed by atoms with Gasteiger partial charge < -0.3 is 20.7 Å². The van der Waals surface area contributed by atoms with E-state index in [1.54, 1.807) is 12.1 Å². The standard InChI is InChI=1S/C29H29F4N9O3/c1-45-27-23(26(43)39-21-14-41(13-19(21)31)28(44)20-3-2-17(30)11-36-20)18(4-7-35-27)22-10-16(24-25(34)37-15-38-42(22)24)12-40-8-5-29(32,33)6-9-40/h2-4,7,10-11,15,19,21H,5-6,8-9,12-14H2,1H3,(H,39,43)(H2,34,37,38)/t19-,21+/m0/s1. The first-order valence-electron chi connectivity index (χ1n) is 14.1.